The van der Waals surface area contributed by atoms with E-state index >= 15 is 0 Å². The predicted molar refractivity (Wildman–Crippen MR) is 105 cm³/mol. The molecular formula is C19H24N4O3S. The van der Waals surface area contributed by atoms with Gasteiger partial charge in [0.1, 0.15) is 0 Å². The van der Waals surface area contributed by atoms with E-state index in [1.54, 1.807) is 0 Å². The standard InChI is InChI=1S/C19H24N4O3S/c1-14(24)20-18-21-17(13-27-18)7-6-15-2-4-16(5-3-15)12-22-8-10-23(11-9-22)19(25)26/h2-5,13H,6-12H2,1H3,(H,25,26)(H,20,21,24). The fourth-order valence-corrected chi connectivity index (χ4v) is 3.86. The molecule has 1 aromatic heterocycles. The van der Waals surface area contributed by atoms with E-state index in [9.17, 15) is 9.59 Å². The lowest BCUT2D eigenvalue weighted by atomic mass is 10.1. The molecule has 0 unspecified atom stereocenters. The Kier molecular flexibility index (Phi) is 6.41. The molecule has 27 heavy (non-hydrogen) atoms. The summed E-state index contributed by atoms with van der Waals surface area (Å²) in [5, 5.41) is 14.3. The van der Waals surface area contributed by atoms with E-state index in [0.717, 1.165) is 38.2 Å². The van der Waals surface area contributed by atoms with Crippen molar-refractivity contribution in [1.82, 2.24) is 14.8 Å². The molecule has 1 fully saturated rings. The molecule has 144 valence electrons. The Hall–Kier alpha value is -2.45. The number of hydrogen-bond acceptors (Lipinski definition) is 5. The number of carbonyl (C=O) groups is 2. The van der Waals surface area contributed by atoms with Crippen LogP contribution < -0.4 is 5.32 Å². The van der Waals surface area contributed by atoms with Gasteiger partial charge in [0.2, 0.25) is 5.91 Å². The van der Waals surface area contributed by atoms with Gasteiger partial charge in [0.15, 0.2) is 5.13 Å². The molecule has 2 N–H and O–H groups in total. The maximum atomic E-state index is 11.0. The number of carboxylic acid groups (broad SMARTS) is 1. The van der Waals surface area contributed by atoms with Crippen LogP contribution in [0.3, 0.4) is 0 Å². The molecule has 0 radical (unpaired) electrons. The Bertz CT molecular complexity index is 783. The lowest BCUT2D eigenvalue weighted by molar-refractivity contribution is -0.114. The maximum Gasteiger partial charge on any atom is 0.407 e. The normalized spacial score (nSPS) is 14.9. The van der Waals surface area contributed by atoms with Gasteiger partial charge in [-0.05, 0) is 24.0 Å². The molecule has 0 saturated carbocycles. The second kappa shape index (κ2) is 8.96. The van der Waals surface area contributed by atoms with Gasteiger partial charge in [-0.2, -0.15) is 0 Å². The number of nitrogens with one attached hydrogen (secondary N) is 1. The van der Waals surface area contributed by atoms with Gasteiger partial charge < -0.3 is 15.3 Å². The number of aryl methyl sites for hydroxylation is 2. The van der Waals surface area contributed by atoms with Gasteiger partial charge in [0, 0.05) is 45.0 Å². The summed E-state index contributed by atoms with van der Waals surface area (Å²) in [7, 11) is 0. The molecule has 2 amide bonds. The van der Waals surface area contributed by atoms with Crippen LogP contribution in [-0.4, -0.2) is 58.1 Å². The van der Waals surface area contributed by atoms with E-state index in [2.05, 4.69) is 39.5 Å². The summed E-state index contributed by atoms with van der Waals surface area (Å²) < 4.78 is 0. The average Bonchev–Trinajstić information content (AvgIpc) is 3.08. The number of aromatic nitrogens is 1. The third kappa shape index (κ3) is 5.77. The molecule has 0 spiro atoms. The summed E-state index contributed by atoms with van der Waals surface area (Å²) in [5.41, 5.74) is 3.48. The Morgan fingerprint density at radius 1 is 1.11 bits per heavy atom. The van der Waals surface area contributed by atoms with E-state index in [1.807, 2.05) is 5.38 Å². The molecule has 2 aromatic rings. The number of hydrogen-bond donors (Lipinski definition) is 2. The van der Waals surface area contributed by atoms with E-state index in [0.29, 0.717) is 18.2 Å². The number of thiazole rings is 1. The van der Waals surface area contributed by atoms with E-state index < -0.39 is 6.09 Å². The number of carbonyl (C=O) groups excluding carboxylic acids is 1. The van der Waals surface area contributed by atoms with Crippen molar-refractivity contribution in [2.75, 3.05) is 31.5 Å². The third-order valence-electron chi connectivity index (χ3n) is 4.58. The molecule has 1 saturated heterocycles. The first kappa shape index (κ1) is 19.3. The number of benzene rings is 1. The molecule has 0 bridgehead atoms. The molecule has 8 heteroatoms. The second-order valence-electron chi connectivity index (χ2n) is 6.69. The van der Waals surface area contributed by atoms with Gasteiger partial charge >= 0.3 is 6.09 Å². The predicted octanol–water partition coefficient (Wildman–Crippen LogP) is 2.68. The molecule has 3 rings (SSSR count). The van der Waals surface area contributed by atoms with E-state index in [4.69, 9.17) is 5.11 Å². The summed E-state index contributed by atoms with van der Waals surface area (Å²) in [6, 6.07) is 8.57. The van der Waals surface area contributed by atoms with Gasteiger partial charge in [0.25, 0.3) is 0 Å². The Morgan fingerprint density at radius 2 is 1.78 bits per heavy atom. The van der Waals surface area contributed by atoms with Crippen molar-refractivity contribution in [3.05, 3.63) is 46.5 Å². The first-order valence-electron chi connectivity index (χ1n) is 8.99. The molecule has 0 aliphatic carbocycles. The molecule has 0 atom stereocenters. The molecule has 1 aliphatic rings. The molecular weight excluding hydrogens is 364 g/mol. The van der Waals surface area contributed by atoms with Crippen LogP contribution in [0.5, 0.6) is 0 Å². The minimum Gasteiger partial charge on any atom is -0.465 e. The highest BCUT2D eigenvalue weighted by atomic mass is 32.1. The quantitative estimate of drug-likeness (QED) is 0.795. The monoisotopic (exact) mass is 388 g/mol. The van der Waals surface area contributed by atoms with Crippen molar-refractivity contribution in [2.45, 2.75) is 26.3 Å². The summed E-state index contributed by atoms with van der Waals surface area (Å²) in [6.45, 7) is 5.01. The van der Waals surface area contributed by atoms with Crippen LogP contribution in [0.4, 0.5) is 9.93 Å². The van der Waals surface area contributed by atoms with Crippen molar-refractivity contribution in [2.24, 2.45) is 0 Å². The minimum absolute atomic E-state index is 0.101. The van der Waals surface area contributed by atoms with Crippen molar-refractivity contribution in [1.29, 1.82) is 0 Å². The van der Waals surface area contributed by atoms with Crippen LogP contribution in [-0.2, 0) is 24.2 Å². The number of anilines is 1. The second-order valence-corrected chi connectivity index (χ2v) is 7.55. The zero-order valence-electron chi connectivity index (χ0n) is 15.4. The van der Waals surface area contributed by atoms with Gasteiger partial charge in [-0.1, -0.05) is 24.3 Å². The highest BCUT2D eigenvalue weighted by molar-refractivity contribution is 7.13. The largest absolute Gasteiger partial charge is 0.465 e. The summed E-state index contributed by atoms with van der Waals surface area (Å²) in [5.74, 6) is -0.101. The summed E-state index contributed by atoms with van der Waals surface area (Å²) in [4.78, 5) is 30.2. The number of nitrogens with zero attached hydrogens (tertiary/aromatic N) is 3. The van der Waals surface area contributed by atoms with Crippen LogP contribution >= 0.6 is 11.3 Å². The van der Waals surface area contributed by atoms with Crippen LogP contribution in [0.15, 0.2) is 29.6 Å². The fourth-order valence-electron chi connectivity index (χ4n) is 3.07. The zero-order chi connectivity index (χ0) is 19.2. The van der Waals surface area contributed by atoms with Gasteiger partial charge in [0.05, 0.1) is 5.69 Å². The van der Waals surface area contributed by atoms with Crippen LogP contribution in [0.1, 0.15) is 23.7 Å². The van der Waals surface area contributed by atoms with Crippen LogP contribution in [0, 0.1) is 0 Å². The van der Waals surface area contributed by atoms with Crippen LogP contribution in [0.25, 0.3) is 0 Å². The fraction of sp³-hybridized carbons (Fsp3) is 0.421. The van der Waals surface area contributed by atoms with Crippen molar-refractivity contribution in [3.63, 3.8) is 0 Å². The number of piperazine rings is 1. The molecule has 7 nitrogen and oxygen atoms in total. The maximum absolute atomic E-state index is 11.0. The Morgan fingerprint density at radius 3 is 2.41 bits per heavy atom. The van der Waals surface area contributed by atoms with Gasteiger partial charge in [-0.25, -0.2) is 9.78 Å². The lowest BCUT2D eigenvalue weighted by Gasteiger charge is -2.33. The van der Waals surface area contributed by atoms with Gasteiger partial charge in [-0.15, -0.1) is 11.3 Å². The third-order valence-corrected chi connectivity index (χ3v) is 5.38. The Labute approximate surface area is 162 Å². The van der Waals surface area contributed by atoms with Crippen LogP contribution in [0.2, 0.25) is 0 Å². The van der Waals surface area contributed by atoms with Crippen molar-refractivity contribution < 1.29 is 14.7 Å². The minimum atomic E-state index is -0.830. The lowest BCUT2D eigenvalue weighted by Crippen LogP contribution is -2.47. The van der Waals surface area contributed by atoms with Crippen molar-refractivity contribution >= 4 is 28.5 Å². The summed E-state index contributed by atoms with van der Waals surface area (Å²) in [6.07, 6.45) is 0.913. The topological polar surface area (TPSA) is 85.8 Å². The first-order valence-corrected chi connectivity index (χ1v) is 9.87. The van der Waals surface area contributed by atoms with E-state index in [1.165, 1.54) is 34.3 Å². The molecule has 2 heterocycles. The average molecular weight is 388 g/mol. The number of amides is 2. The SMILES string of the molecule is CC(=O)Nc1nc(CCc2ccc(CN3CCN(C(=O)O)CC3)cc2)cs1. The van der Waals surface area contributed by atoms with E-state index in [-0.39, 0.29) is 5.91 Å². The van der Waals surface area contributed by atoms with Gasteiger partial charge in [-0.3, -0.25) is 9.69 Å². The molecule has 1 aromatic carbocycles. The highest BCUT2D eigenvalue weighted by Gasteiger charge is 2.20. The van der Waals surface area contributed by atoms with Crippen molar-refractivity contribution in [3.8, 4) is 0 Å². The Balaban J connectivity index is 1.45. The first-order chi connectivity index (χ1) is 13.0. The highest BCUT2D eigenvalue weighted by Crippen LogP contribution is 2.17. The summed E-state index contributed by atoms with van der Waals surface area (Å²) >= 11 is 1.45. The molecule has 1 aliphatic heterocycles. The number of rotatable bonds is 6. The zero-order valence-corrected chi connectivity index (χ0v) is 16.2. The smallest absolute Gasteiger partial charge is 0.407 e.